The molecule has 2 amide bonds. The molecule has 1 aliphatic rings. The van der Waals surface area contributed by atoms with Crippen molar-refractivity contribution in [1.82, 2.24) is 15.1 Å². The highest BCUT2D eigenvalue weighted by atomic mass is 16.5. The van der Waals surface area contributed by atoms with E-state index in [4.69, 9.17) is 4.74 Å². The number of esters is 1. The highest BCUT2D eigenvalue weighted by Crippen LogP contribution is 2.34. The van der Waals surface area contributed by atoms with Crippen LogP contribution in [-0.2, 0) is 24.5 Å². The highest BCUT2D eigenvalue weighted by molar-refractivity contribution is 5.86. The normalized spacial score (nSPS) is 18.4. The number of benzene rings is 1. The third-order valence-corrected chi connectivity index (χ3v) is 7.45. The molecule has 0 saturated carbocycles. The van der Waals surface area contributed by atoms with Gasteiger partial charge in [-0.2, -0.15) is 0 Å². The summed E-state index contributed by atoms with van der Waals surface area (Å²) in [5.74, 6) is -0.506. The number of nitrogens with one attached hydrogen (secondary N) is 1. The van der Waals surface area contributed by atoms with E-state index in [-0.39, 0.29) is 53.7 Å². The molecule has 1 heterocycles. The zero-order chi connectivity index (χ0) is 25.5. The van der Waals surface area contributed by atoms with E-state index in [1.165, 1.54) is 7.11 Å². The largest absolute Gasteiger partial charge is 0.468 e. The molecule has 0 unspecified atom stereocenters. The summed E-state index contributed by atoms with van der Waals surface area (Å²) < 4.78 is 4.96. The van der Waals surface area contributed by atoms with Gasteiger partial charge < -0.3 is 15.0 Å². The fourth-order valence-corrected chi connectivity index (χ4v) is 5.16. The Kier molecular flexibility index (Phi) is 10.1. The van der Waals surface area contributed by atoms with Crippen LogP contribution in [0.5, 0.6) is 0 Å². The van der Waals surface area contributed by atoms with Crippen molar-refractivity contribution in [2.45, 2.75) is 71.4 Å². The van der Waals surface area contributed by atoms with Crippen LogP contribution in [0.25, 0.3) is 0 Å². The van der Waals surface area contributed by atoms with Crippen molar-refractivity contribution in [1.29, 1.82) is 0 Å². The minimum Gasteiger partial charge on any atom is -0.468 e. The van der Waals surface area contributed by atoms with Gasteiger partial charge in [-0.05, 0) is 37.3 Å². The van der Waals surface area contributed by atoms with Gasteiger partial charge in [-0.15, -0.1) is 0 Å². The van der Waals surface area contributed by atoms with Crippen molar-refractivity contribution < 1.29 is 19.1 Å². The summed E-state index contributed by atoms with van der Waals surface area (Å²) in [6, 6.07) is 9.70. The second-order valence-electron chi connectivity index (χ2n) is 10.3. The van der Waals surface area contributed by atoms with Crippen LogP contribution < -0.4 is 5.32 Å². The molecule has 1 aromatic rings. The maximum absolute atomic E-state index is 13.1. The molecule has 190 valence electrons. The first-order valence-electron chi connectivity index (χ1n) is 12.4. The van der Waals surface area contributed by atoms with Crippen LogP contribution in [-0.4, -0.2) is 73.5 Å². The Morgan fingerprint density at radius 2 is 1.85 bits per heavy atom. The average molecular weight is 474 g/mol. The van der Waals surface area contributed by atoms with Gasteiger partial charge in [0.05, 0.1) is 13.7 Å². The second kappa shape index (κ2) is 12.3. The van der Waals surface area contributed by atoms with E-state index in [0.29, 0.717) is 13.0 Å². The summed E-state index contributed by atoms with van der Waals surface area (Å²) in [6.07, 6.45) is 2.39. The number of likely N-dealkylation sites (N-methyl/N-ethyl adjacent to an activating group) is 1. The van der Waals surface area contributed by atoms with Gasteiger partial charge in [0.1, 0.15) is 6.04 Å². The molecular weight excluding hydrogens is 430 g/mol. The topological polar surface area (TPSA) is 79.0 Å². The molecule has 1 saturated heterocycles. The van der Waals surface area contributed by atoms with Gasteiger partial charge in [0, 0.05) is 31.0 Å². The number of likely N-dealkylation sites (tertiary alicyclic amines) is 1. The molecule has 1 aliphatic heterocycles. The zero-order valence-electron chi connectivity index (χ0n) is 22.0. The second-order valence-corrected chi connectivity index (χ2v) is 10.3. The van der Waals surface area contributed by atoms with Crippen molar-refractivity contribution in [3.05, 3.63) is 35.9 Å². The lowest BCUT2D eigenvalue weighted by molar-refractivity contribution is -0.146. The predicted molar refractivity (Wildman–Crippen MR) is 134 cm³/mol. The Morgan fingerprint density at radius 3 is 2.41 bits per heavy atom. The number of carbonyl (C=O) groups excluding carboxylic acids is 3. The Balaban J connectivity index is 2.02. The van der Waals surface area contributed by atoms with Crippen molar-refractivity contribution >= 4 is 17.8 Å². The quantitative estimate of drug-likeness (QED) is 0.499. The third kappa shape index (κ3) is 6.59. The van der Waals surface area contributed by atoms with E-state index in [1.54, 1.807) is 11.9 Å². The lowest BCUT2D eigenvalue weighted by Gasteiger charge is -2.36. The molecule has 0 aliphatic carbocycles. The first kappa shape index (κ1) is 27.8. The standard InChI is InChI=1S/C27H43N3O4/c1-8-21(27(4,5)20-13-10-9-11-14-20)25(32)28-17-24(31)29(6)23(19(2)3)18-30-16-12-15-22(30)26(33)34-7/h9-11,13-14,19,21-23H,8,12,15-18H2,1-7H3,(H,28,32)/t21-,22+,23-/m1/s1. The molecule has 0 spiro atoms. The van der Waals surface area contributed by atoms with Crippen LogP contribution in [0.4, 0.5) is 0 Å². The van der Waals surface area contributed by atoms with Crippen LogP contribution in [0.1, 0.15) is 59.4 Å². The molecule has 1 N–H and O–H groups in total. The lowest BCUT2D eigenvalue weighted by atomic mass is 9.71. The molecule has 34 heavy (non-hydrogen) atoms. The van der Waals surface area contributed by atoms with E-state index in [0.717, 1.165) is 24.9 Å². The SMILES string of the molecule is CC[C@H](C(=O)NCC(=O)N(C)[C@H](CN1CCC[C@H]1C(=O)OC)C(C)C)C(C)(C)c1ccccc1. The number of amides is 2. The fraction of sp³-hybridized carbons (Fsp3) is 0.667. The Morgan fingerprint density at radius 1 is 1.21 bits per heavy atom. The fourth-order valence-electron chi connectivity index (χ4n) is 5.16. The number of methoxy groups -OCH3 is 1. The van der Waals surface area contributed by atoms with E-state index >= 15 is 0 Å². The number of rotatable bonds is 11. The van der Waals surface area contributed by atoms with Crippen LogP contribution in [0.15, 0.2) is 30.3 Å². The smallest absolute Gasteiger partial charge is 0.323 e. The van der Waals surface area contributed by atoms with E-state index in [2.05, 4.69) is 37.9 Å². The van der Waals surface area contributed by atoms with Gasteiger partial charge >= 0.3 is 5.97 Å². The summed E-state index contributed by atoms with van der Waals surface area (Å²) in [5.41, 5.74) is 0.750. The number of ether oxygens (including phenoxy) is 1. The average Bonchev–Trinajstić information content (AvgIpc) is 3.29. The number of carbonyl (C=O) groups is 3. The molecule has 2 rings (SSSR count). The maximum atomic E-state index is 13.1. The van der Waals surface area contributed by atoms with Crippen LogP contribution >= 0.6 is 0 Å². The van der Waals surface area contributed by atoms with Gasteiger partial charge in [0.15, 0.2) is 0 Å². The third-order valence-electron chi connectivity index (χ3n) is 7.45. The first-order valence-corrected chi connectivity index (χ1v) is 12.4. The van der Waals surface area contributed by atoms with Crippen LogP contribution in [0, 0.1) is 11.8 Å². The molecule has 0 aromatic heterocycles. The van der Waals surface area contributed by atoms with Gasteiger partial charge in [-0.1, -0.05) is 65.0 Å². The number of nitrogens with zero attached hydrogens (tertiary/aromatic N) is 2. The van der Waals surface area contributed by atoms with Crippen molar-refractivity contribution in [3.63, 3.8) is 0 Å². The number of hydrogen-bond donors (Lipinski definition) is 1. The number of hydrogen-bond acceptors (Lipinski definition) is 5. The van der Waals surface area contributed by atoms with E-state index in [9.17, 15) is 14.4 Å². The molecule has 0 radical (unpaired) electrons. The van der Waals surface area contributed by atoms with Crippen molar-refractivity contribution in [2.24, 2.45) is 11.8 Å². The Bertz CT molecular complexity index is 824. The van der Waals surface area contributed by atoms with Crippen LogP contribution in [0.2, 0.25) is 0 Å². The summed E-state index contributed by atoms with van der Waals surface area (Å²) in [4.78, 5) is 42.2. The summed E-state index contributed by atoms with van der Waals surface area (Å²) in [7, 11) is 3.20. The van der Waals surface area contributed by atoms with Gasteiger partial charge in [0.2, 0.25) is 11.8 Å². The highest BCUT2D eigenvalue weighted by Gasteiger charge is 2.37. The molecule has 3 atom stereocenters. The Labute approximate surface area is 205 Å². The predicted octanol–water partition coefficient (Wildman–Crippen LogP) is 3.23. The summed E-state index contributed by atoms with van der Waals surface area (Å²) in [6.45, 7) is 11.7. The van der Waals surface area contributed by atoms with Gasteiger partial charge in [-0.3, -0.25) is 19.3 Å². The molecule has 1 aromatic carbocycles. The lowest BCUT2D eigenvalue weighted by Crippen LogP contribution is -2.52. The molecular formula is C27H43N3O4. The summed E-state index contributed by atoms with van der Waals surface area (Å²) >= 11 is 0. The van der Waals surface area contributed by atoms with E-state index < -0.39 is 0 Å². The maximum Gasteiger partial charge on any atom is 0.323 e. The molecule has 7 heteroatoms. The van der Waals surface area contributed by atoms with Crippen molar-refractivity contribution in [3.8, 4) is 0 Å². The molecule has 1 fully saturated rings. The Hall–Kier alpha value is -2.41. The minimum absolute atomic E-state index is 0.0413. The van der Waals surface area contributed by atoms with Crippen LogP contribution in [0.3, 0.4) is 0 Å². The van der Waals surface area contributed by atoms with E-state index in [1.807, 2.05) is 37.3 Å². The summed E-state index contributed by atoms with van der Waals surface area (Å²) in [5, 5.41) is 2.90. The first-order chi connectivity index (χ1) is 16.0. The van der Waals surface area contributed by atoms with Crippen molar-refractivity contribution in [2.75, 3.05) is 33.8 Å². The van der Waals surface area contributed by atoms with Gasteiger partial charge in [0.25, 0.3) is 0 Å². The molecule has 0 bridgehead atoms. The monoisotopic (exact) mass is 473 g/mol. The zero-order valence-corrected chi connectivity index (χ0v) is 22.0. The molecule has 7 nitrogen and oxygen atoms in total. The minimum atomic E-state index is -0.353. The van der Waals surface area contributed by atoms with Gasteiger partial charge in [-0.25, -0.2) is 0 Å².